The lowest BCUT2D eigenvalue weighted by molar-refractivity contribution is -0.126. The van der Waals surface area contributed by atoms with E-state index in [4.69, 9.17) is 4.74 Å². The van der Waals surface area contributed by atoms with Crippen LogP contribution in [0.25, 0.3) is 0 Å². The lowest BCUT2D eigenvalue weighted by Crippen LogP contribution is -2.31. The molecule has 1 rings (SSSR count). The van der Waals surface area contributed by atoms with E-state index in [0.29, 0.717) is 6.61 Å². The van der Waals surface area contributed by atoms with Crippen molar-refractivity contribution in [2.24, 2.45) is 5.18 Å². The lowest BCUT2D eigenvalue weighted by atomic mass is 10.0. The van der Waals surface area contributed by atoms with Gasteiger partial charge in [0.1, 0.15) is 5.75 Å². The molecule has 196 valence electrons. The predicted molar refractivity (Wildman–Crippen MR) is 138 cm³/mol. The third-order valence-electron chi connectivity index (χ3n) is 5.98. The van der Waals surface area contributed by atoms with Crippen molar-refractivity contribution in [3.8, 4) is 5.75 Å². The van der Waals surface area contributed by atoms with Crippen molar-refractivity contribution in [1.82, 2.24) is 0 Å². The van der Waals surface area contributed by atoms with Crippen LogP contribution >= 0.6 is 0 Å². The molecule has 0 aromatic heterocycles. The number of Topliss-reactive ketones (excluding diaryl/α,β-unsaturated/α-hetero) is 1. The van der Waals surface area contributed by atoms with Crippen molar-refractivity contribution in [3.63, 3.8) is 0 Å². The number of anilines is 1. The highest BCUT2D eigenvalue weighted by Crippen LogP contribution is 2.27. The molecule has 1 amide bonds. The number of carbonyl (C=O) groups is 3. The number of nitrogens with zero attached hydrogens (tertiary/aromatic N) is 1. The minimum atomic E-state index is -1.69. The second kappa shape index (κ2) is 18.5. The predicted octanol–water partition coefficient (Wildman–Crippen LogP) is 6.91. The van der Waals surface area contributed by atoms with E-state index in [0.717, 1.165) is 26.2 Å². The van der Waals surface area contributed by atoms with Crippen LogP contribution in [0.15, 0.2) is 23.4 Å². The Kier molecular flexibility index (Phi) is 16.0. The van der Waals surface area contributed by atoms with Crippen LogP contribution in [0.4, 0.5) is 5.69 Å². The zero-order valence-electron chi connectivity index (χ0n) is 21.4. The normalized spacial score (nSPS) is 11.6. The van der Waals surface area contributed by atoms with Crippen LogP contribution < -0.4 is 10.1 Å². The van der Waals surface area contributed by atoms with Gasteiger partial charge in [-0.05, 0) is 36.7 Å². The fourth-order valence-corrected chi connectivity index (χ4v) is 3.87. The monoisotopic (exact) mass is 490 g/mol. The van der Waals surface area contributed by atoms with E-state index in [2.05, 4.69) is 17.4 Å². The van der Waals surface area contributed by atoms with E-state index in [9.17, 15) is 24.4 Å². The molecule has 0 heterocycles. The van der Waals surface area contributed by atoms with Gasteiger partial charge in [-0.2, -0.15) is 0 Å². The Bertz CT molecular complexity index is 796. The van der Waals surface area contributed by atoms with E-state index in [1.54, 1.807) is 0 Å². The van der Waals surface area contributed by atoms with E-state index in [1.807, 2.05) is 0 Å². The minimum absolute atomic E-state index is 0.0532. The van der Waals surface area contributed by atoms with Gasteiger partial charge in [0, 0.05) is 0 Å². The maximum Gasteiger partial charge on any atom is 0.335 e. The van der Waals surface area contributed by atoms with E-state index < -0.39 is 23.7 Å². The number of carbonyl (C=O) groups excluding carboxylic acids is 2. The number of hydrogen-bond acceptors (Lipinski definition) is 6. The number of nitroso groups, excluding NO2 is 1. The average Bonchev–Trinajstić information content (AvgIpc) is 2.82. The smallest absolute Gasteiger partial charge is 0.335 e. The van der Waals surface area contributed by atoms with Gasteiger partial charge in [-0.15, -0.1) is 4.91 Å². The number of nitrogens with one attached hydrogen (secondary N) is 1. The number of aromatic carboxylic acids is 1. The second-order valence-corrected chi connectivity index (χ2v) is 9.07. The van der Waals surface area contributed by atoms with Crippen LogP contribution in [0, 0.1) is 4.91 Å². The third kappa shape index (κ3) is 13.0. The average molecular weight is 491 g/mol. The van der Waals surface area contributed by atoms with Gasteiger partial charge in [-0.1, -0.05) is 90.4 Å². The van der Waals surface area contributed by atoms with Crippen LogP contribution in [0.5, 0.6) is 5.75 Å². The highest BCUT2D eigenvalue weighted by atomic mass is 16.5. The third-order valence-corrected chi connectivity index (χ3v) is 5.98. The standard InChI is InChI=1S/C27H42N2O6/c1-3-4-5-6-7-8-9-10-11-12-13-14-15-16-19-35-24-18-17-22(27(32)33)20-23(24)28-26(31)25(29-34)21(2)30/h17-18,20,25H,3-16,19H2,1-2H3,(H,28,31)(H,32,33). The summed E-state index contributed by atoms with van der Waals surface area (Å²) < 4.78 is 5.75. The van der Waals surface area contributed by atoms with E-state index in [1.165, 1.54) is 88.8 Å². The Balaban J connectivity index is 2.31. The number of ether oxygens (including phenoxy) is 1. The summed E-state index contributed by atoms with van der Waals surface area (Å²) >= 11 is 0. The molecule has 1 aromatic rings. The number of benzene rings is 1. The fourth-order valence-electron chi connectivity index (χ4n) is 3.87. The van der Waals surface area contributed by atoms with Crippen molar-refractivity contribution in [3.05, 3.63) is 28.7 Å². The first-order valence-corrected chi connectivity index (χ1v) is 13.0. The van der Waals surface area contributed by atoms with Crippen molar-refractivity contribution in [2.45, 2.75) is 110 Å². The van der Waals surface area contributed by atoms with Gasteiger partial charge in [0.2, 0.25) is 6.04 Å². The van der Waals surface area contributed by atoms with Gasteiger partial charge in [-0.3, -0.25) is 9.59 Å². The molecule has 0 saturated heterocycles. The molecule has 8 nitrogen and oxygen atoms in total. The number of ketones is 1. The van der Waals surface area contributed by atoms with Gasteiger partial charge < -0.3 is 15.2 Å². The molecule has 0 bridgehead atoms. The van der Waals surface area contributed by atoms with Crippen LogP contribution in [-0.2, 0) is 9.59 Å². The Hall–Kier alpha value is -2.77. The lowest BCUT2D eigenvalue weighted by Gasteiger charge is -2.14. The molecule has 8 heteroatoms. The summed E-state index contributed by atoms with van der Waals surface area (Å²) in [5.74, 6) is -2.50. The maximum atomic E-state index is 12.2. The van der Waals surface area contributed by atoms with Gasteiger partial charge in [0.05, 0.1) is 17.9 Å². The molecular weight excluding hydrogens is 448 g/mol. The summed E-state index contributed by atoms with van der Waals surface area (Å²) in [7, 11) is 0. The van der Waals surface area contributed by atoms with Crippen molar-refractivity contribution in [2.75, 3.05) is 11.9 Å². The molecular formula is C27H42N2O6. The molecule has 0 fully saturated rings. The van der Waals surface area contributed by atoms with E-state index in [-0.39, 0.29) is 17.0 Å². The molecule has 0 saturated carbocycles. The maximum absolute atomic E-state index is 12.2. The molecule has 1 atom stereocenters. The summed E-state index contributed by atoms with van der Waals surface area (Å²) in [5.41, 5.74) is 0.0396. The zero-order valence-corrected chi connectivity index (χ0v) is 21.4. The van der Waals surface area contributed by atoms with Crippen LogP contribution in [-0.4, -0.2) is 35.4 Å². The Morgan fingerprint density at radius 3 is 1.86 bits per heavy atom. The molecule has 2 N–H and O–H groups in total. The number of hydrogen-bond donors (Lipinski definition) is 2. The fraction of sp³-hybridized carbons (Fsp3) is 0.667. The van der Waals surface area contributed by atoms with Crippen LogP contribution in [0.1, 0.15) is 114 Å². The Morgan fingerprint density at radius 1 is 0.886 bits per heavy atom. The quantitative estimate of drug-likeness (QED) is 0.110. The van der Waals surface area contributed by atoms with Crippen molar-refractivity contribution >= 4 is 23.3 Å². The first-order chi connectivity index (χ1) is 16.9. The Morgan fingerprint density at radius 2 is 1.40 bits per heavy atom. The van der Waals surface area contributed by atoms with Gasteiger partial charge in [0.15, 0.2) is 5.78 Å². The molecule has 0 spiro atoms. The highest BCUT2D eigenvalue weighted by molar-refractivity contribution is 6.10. The summed E-state index contributed by atoms with van der Waals surface area (Å²) in [6, 6.07) is 2.38. The molecule has 0 radical (unpaired) electrons. The molecule has 0 aliphatic carbocycles. The van der Waals surface area contributed by atoms with E-state index >= 15 is 0 Å². The van der Waals surface area contributed by atoms with Crippen molar-refractivity contribution < 1.29 is 24.2 Å². The van der Waals surface area contributed by atoms with Crippen LogP contribution in [0.2, 0.25) is 0 Å². The first kappa shape index (κ1) is 30.3. The number of carboxylic acids is 1. The molecule has 1 unspecified atom stereocenters. The number of amides is 1. The molecule has 1 aromatic carbocycles. The zero-order chi connectivity index (χ0) is 25.9. The van der Waals surface area contributed by atoms with Gasteiger partial charge in [0.25, 0.3) is 5.91 Å². The first-order valence-electron chi connectivity index (χ1n) is 13.0. The van der Waals surface area contributed by atoms with Crippen molar-refractivity contribution in [1.29, 1.82) is 0 Å². The minimum Gasteiger partial charge on any atom is -0.491 e. The summed E-state index contributed by atoms with van der Waals surface area (Å²) in [6.45, 7) is 3.75. The SMILES string of the molecule is CCCCCCCCCCCCCCCCOc1ccc(C(=O)O)cc1NC(=O)C(N=O)C(C)=O. The molecule has 35 heavy (non-hydrogen) atoms. The second-order valence-electron chi connectivity index (χ2n) is 9.07. The Labute approximate surface area is 209 Å². The largest absolute Gasteiger partial charge is 0.491 e. The van der Waals surface area contributed by atoms with Gasteiger partial charge >= 0.3 is 5.97 Å². The van der Waals surface area contributed by atoms with Gasteiger partial charge in [-0.25, -0.2) is 4.79 Å². The number of carboxylic acid groups (broad SMARTS) is 1. The number of rotatable bonds is 21. The summed E-state index contributed by atoms with van der Waals surface area (Å²) in [4.78, 5) is 45.7. The highest BCUT2D eigenvalue weighted by Gasteiger charge is 2.25. The molecule has 0 aliphatic rings. The topological polar surface area (TPSA) is 122 Å². The molecule has 0 aliphatic heterocycles. The van der Waals surface area contributed by atoms with Crippen LogP contribution in [0.3, 0.4) is 0 Å². The number of unbranched alkanes of at least 4 members (excludes halogenated alkanes) is 13. The summed E-state index contributed by atoms with van der Waals surface area (Å²) in [6.07, 6.45) is 17.5. The summed E-state index contributed by atoms with van der Waals surface area (Å²) in [5, 5.41) is 14.2.